The van der Waals surface area contributed by atoms with Gasteiger partial charge in [-0.05, 0) is 24.1 Å². The molecule has 1 amide bonds. The van der Waals surface area contributed by atoms with Crippen molar-refractivity contribution in [2.75, 3.05) is 13.4 Å². The number of rotatable bonds is 7. The number of fused-ring (bicyclic) bond motifs is 6. The highest BCUT2D eigenvalue weighted by Gasteiger charge is 2.56. The van der Waals surface area contributed by atoms with Crippen LogP contribution in [0.2, 0.25) is 0 Å². The molecular weight excluding hydrogens is 441 g/mol. The fourth-order valence-electron chi connectivity index (χ4n) is 4.57. The van der Waals surface area contributed by atoms with Gasteiger partial charge in [-0.1, -0.05) is 32.6 Å². The zero-order valence-electron chi connectivity index (χ0n) is 17.6. The van der Waals surface area contributed by atoms with Gasteiger partial charge in [0.15, 0.2) is 11.5 Å². The average molecular weight is 467 g/mol. The summed E-state index contributed by atoms with van der Waals surface area (Å²) in [6, 6.07) is 0.844. The van der Waals surface area contributed by atoms with Gasteiger partial charge >= 0.3 is 7.82 Å². The molecule has 3 aliphatic heterocycles. The lowest BCUT2D eigenvalue weighted by Gasteiger charge is -2.38. The van der Waals surface area contributed by atoms with Gasteiger partial charge < -0.3 is 25.0 Å². The second-order valence-electron chi connectivity index (χ2n) is 8.28. The van der Waals surface area contributed by atoms with Gasteiger partial charge in [0.1, 0.15) is 18.3 Å². The zero-order chi connectivity index (χ0) is 22.5. The van der Waals surface area contributed by atoms with Crippen molar-refractivity contribution < 1.29 is 42.6 Å². The summed E-state index contributed by atoms with van der Waals surface area (Å²) in [6.45, 7) is 2.27. The summed E-state index contributed by atoms with van der Waals surface area (Å²) in [6.07, 6.45) is 3.48. The zero-order valence-corrected chi connectivity index (χ0v) is 18.5. The molecule has 11 heteroatoms. The molecule has 4 aliphatic rings. The minimum Gasteiger partial charge on any atom is -0.504 e. The van der Waals surface area contributed by atoms with Crippen molar-refractivity contribution in [3.05, 3.63) is 23.3 Å². The lowest BCUT2D eigenvalue weighted by molar-refractivity contribution is 0.0292. The Kier molecular flexibility index (Phi) is 5.67. The van der Waals surface area contributed by atoms with Crippen LogP contribution in [0.1, 0.15) is 54.9 Å². The van der Waals surface area contributed by atoms with E-state index in [9.17, 15) is 19.6 Å². The second kappa shape index (κ2) is 8.35. The molecular formula is C21H26NO9P. The third-order valence-corrected chi connectivity index (χ3v) is 7.64. The van der Waals surface area contributed by atoms with Gasteiger partial charge in [0.05, 0.1) is 18.2 Å². The normalized spacial score (nSPS) is 32.1. The van der Waals surface area contributed by atoms with Gasteiger partial charge in [0, 0.05) is 5.56 Å². The fraction of sp³-hybridized carbons (Fsp3) is 0.571. The first-order chi connectivity index (χ1) is 15.4. The molecule has 1 aliphatic carbocycles. The maximum atomic E-state index is 13.0. The topological polar surface area (TPSA) is 133 Å². The van der Waals surface area contributed by atoms with E-state index in [1.54, 1.807) is 6.07 Å². The van der Waals surface area contributed by atoms with E-state index >= 15 is 0 Å². The van der Waals surface area contributed by atoms with E-state index in [-0.39, 0.29) is 30.5 Å². The number of aliphatic hydroxyl groups is 1. The Morgan fingerprint density at radius 1 is 1.19 bits per heavy atom. The molecule has 1 saturated heterocycles. The second-order valence-corrected chi connectivity index (χ2v) is 9.85. The van der Waals surface area contributed by atoms with E-state index < -0.39 is 38.1 Å². The number of aromatic hydroxyl groups is 1. The standard InChI is InChI=1S/C21H26NO9P/c1-2-3-4-5-6-7-29-32(26)30-18-13(23)8-12-11-9-14-19(28-10-27-14)17(24)15(11)21(25)22-16(12)20(18)31-32/h8-9,13,16,18,20,23-24H,2-7,10H2,1H3,(H,22,25)/t13-,16+,18+,20-,32?/m0/s1. The van der Waals surface area contributed by atoms with Crippen LogP contribution in [0.25, 0.3) is 5.57 Å². The Morgan fingerprint density at radius 3 is 2.78 bits per heavy atom. The summed E-state index contributed by atoms with van der Waals surface area (Å²) in [5.74, 6) is -0.475. The van der Waals surface area contributed by atoms with Crippen LogP contribution in [0.3, 0.4) is 0 Å². The number of ether oxygens (including phenoxy) is 2. The predicted octanol–water partition coefficient (Wildman–Crippen LogP) is 2.87. The van der Waals surface area contributed by atoms with Crippen molar-refractivity contribution in [3.63, 3.8) is 0 Å². The molecule has 32 heavy (non-hydrogen) atoms. The lowest BCUT2D eigenvalue weighted by Crippen LogP contribution is -2.55. The Labute approximate surface area is 185 Å². The van der Waals surface area contributed by atoms with Crippen molar-refractivity contribution in [2.45, 2.75) is 63.4 Å². The molecule has 0 radical (unpaired) electrons. The van der Waals surface area contributed by atoms with E-state index in [1.807, 2.05) is 0 Å². The fourth-order valence-corrected chi connectivity index (χ4v) is 6.17. The summed E-state index contributed by atoms with van der Waals surface area (Å²) in [7, 11) is -3.90. The monoisotopic (exact) mass is 467 g/mol. The number of carbonyl (C=O) groups excluding carboxylic acids is 1. The minimum atomic E-state index is -3.90. The van der Waals surface area contributed by atoms with Gasteiger partial charge in [-0.25, -0.2) is 4.57 Å². The molecule has 5 rings (SSSR count). The van der Waals surface area contributed by atoms with Crippen LogP contribution < -0.4 is 14.8 Å². The number of hydrogen-bond acceptors (Lipinski definition) is 9. The van der Waals surface area contributed by atoms with E-state index in [0.29, 0.717) is 16.9 Å². The van der Waals surface area contributed by atoms with Crippen molar-refractivity contribution in [1.82, 2.24) is 5.32 Å². The van der Waals surface area contributed by atoms with Crippen LogP contribution in [0.15, 0.2) is 12.1 Å². The molecule has 0 bridgehead atoms. The van der Waals surface area contributed by atoms with Crippen LogP contribution >= 0.6 is 7.82 Å². The van der Waals surface area contributed by atoms with Crippen molar-refractivity contribution in [3.8, 4) is 17.2 Å². The number of benzene rings is 1. The van der Waals surface area contributed by atoms with Crippen molar-refractivity contribution in [1.29, 1.82) is 0 Å². The van der Waals surface area contributed by atoms with Gasteiger partial charge in [0.25, 0.3) is 5.91 Å². The SMILES string of the molecule is CCCCCCCOP1(=O)O[C@@H]2[C@H](O1)[C@@H](O)C=C1c3cc4c(c(O)c3C(=O)N[C@H]12)OCO4. The molecule has 10 nitrogen and oxygen atoms in total. The van der Waals surface area contributed by atoms with Crippen LogP contribution in [-0.2, 0) is 18.1 Å². The van der Waals surface area contributed by atoms with Crippen molar-refractivity contribution in [2.24, 2.45) is 0 Å². The number of hydrogen-bond donors (Lipinski definition) is 3. The van der Waals surface area contributed by atoms with E-state index in [4.69, 9.17) is 23.0 Å². The summed E-state index contributed by atoms with van der Waals surface area (Å²) in [5.41, 5.74) is 0.923. The third kappa shape index (κ3) is 3.60. The first-order valence-electron chi connectivity index (χ1n) is 10.9. The van der Waals surface area contributed by atoms with E-state index in [2.05, 4.69) is 12.2 Å². The maximum Gasteiger partial charge on any atom is 0.475 e. The van der Waals surface area contributed by atoms with Crippen LogP contribution in [-0.4, -0.2) is 53.9 Å². The molecule has 1 aromatic rings. The van der Waals surface area contributed by atoms with Gasteiger partial charge in [-0.15, -0.1) is 0 Å². The summed E-state index contributed by atoms with van der Waals surface area (Å²) >= 11 is 0. The Morgan fingerprint density at radius 2 is 1.97 bits per heavy atom. The molecule has 5 atom stereocenters. The third-order valence-electron chi connectivity index (χ3n) is 6.14. The number of amides is 1. The van der Waals surface area contributed by atoms with Gasteiger partial charge in [-0.2, -0.15) is 0 Å². The molecule has 174 valence electrons. The first-order valence-corrected chi connectivity index (χ1v) is 12.4. The molecule has 3 N–H and O–H groups in total. The first kappa shape index (κ1) is 21.7. The Bertz CT molecular complexity index is 1010. The summed E-state index contributed by atoms with van der Waals surface area (Å²) in [4.78, 5) is 12.8. The van der Waals surface area contributed by atoms with Crippen LogP contribution in [0.5, 0.6) is 17.2 Å². The largest absolute Gasteiger partial charge is 0.504 e. The number of phosphoric acid groups is 1. The highest BCUT2D eigenvalue weighted by molar-refractivity contribution is 7.48. The quantitative estimate of drug-likeness (QED) is 0.409. The number of phenols is 1. The Hall–Kier alpha value is -2.10. The maximum absolute atomic E-state index is 13.0. The summed E-state index contributed by atoms with van der Waals surface area (Å²) in [5, 5.41) is 24.0. The minimum absolute atomic E-state index is 0.0211. The molecule has 1 unspecified atom stereocenters. The number of nitrogens with one attached hydrogen (secondary N) is 1. The van der Waals surface area contributed by atoms with E-state index in [1.165, 1.54) is 6.08 Å². The smallest absolute Gasteiger partial charge is 0.475 e. The Balaban J connectivity index is 1.37. The molecule has 0 aromatic heterocycles. The highest BCUT2D eigenvalue weighted by Crippen LogP contribution is 2.61. The summed E-state index contributed by atoms with van der Waals surface area (Å²) < 4.78 is 40.3. The highest BCUT2D eigenvalue weighted by atomic mass is 31.2. The van der Waals surface area contributed by atoms with E-state index in [0.717, 1.165) is 32.1 Å². The number of aliphatic hydroxyl groups excluding tert-OH is 1. The lowest BCUT2D eigenvalue weighted by atomic mass is 9.79. The van der Waals surface area contributed by atoms with Crippen LogP contribution in [0, 0.1) is 0 Å². The average Bonchev–Trinajstić information content (AvgIpc) is 3.37. The van der Waals surface area contributed by atoms with Gasteiger partial charge in [0.2, 0.25) is 12.5 Å². The molecule has 0 saturated carbocycles. The number of unbranched alkanes of at least 4 members (excludes halogenated alkanes) is 4. The van der Waals surface area contributed by atoms with Crippen molar-refractivity contribution >= 4 is 19.3 Å². The number of carbonyl (C=O) groups is 1. The van der Waals surface area contributed by atoms with Crippen LogP contribution in [0.4, 0.5) is 0 Å². The van der Waals surface area contributed by atoms with Gasteiger partial charge in [-0.3, -0.25) is 18.4 Å². The molecule has 0 spiro atoms. The number of phenolic OH excluding ortho intramolecular Hbond substituents is 1. The molecule has 1 aromatic carbocycles. The molecule has 1 fully saturated rings. The molecule has 3 heterocycles. The number of phosphoric ester groups is 1. The predicted molar refractivity (Wildman–Crippen MR) is 112 cm³/mol.